The molecule has 0 bridgehead atoms. The topological polar surface area (TPSA) is 34.9 Å². The third-order valence-electron chi connectivity index (χ3n) is 2.29. The van der Waals surface area contributed by atoms with Crippen LogP contribution in [-0.2, 0) is 7.05 Å². The van der Waals surface area contributed by atoms with Crippen LogP contribution in [0.4, 0.5) is 0 Å². The van der Waals surface area contributed by atoms with E-state index < -0.39 is 0 Å². The standard InChI is InChI=1S/C13H11BrN2O/c1-16-9-11(8-15-16)13(17)7-4-10-2-5-12(14)6-3-10/h2-9H,1H3/b7-4+. The Kier molecular flexibility index (Phi) is 3.54. The van der Waals surface area contributed by atoms with Crippen LogP contribution in [0.3, 0.4) is 0 Å². The van der Waals surface area contributed by atoms with Crippen LogP contribution in [0.2, 0.25) is 0 Å². The molecule has 0 saturated heterocycles. The number of rotatable bonds is 3. The van der Waals surface area contributed by atoms with Crippen molar-refractivity contribution in [2.45, 2.75) is 0 Å². The molecule has 0 amide bonds. The van der Waals surface area contributed by atoms with Crippen molar-refractivity contribution < 1.29 is 4.79 Å². The molecule has 17 heavy (non-hydrogen) atoms. The number of hydrogen-bond donors (Lipinski definition) is 0. The summed E-state index contributed by atoms with van der Waals surface area (Å²) in [6, 6.07) is 7.76. The van der Waals surface area contributed by atoms with Crippen molar-refractivity contribution in [2.24, 2.45) is 7.05 Å². The number of hydrogen-bond acceptors (Lipinski definition) is 2. The second kappa shape index (κ2) is 5.10. The minimum Gasteiger partial charge on any atom is -0.289 e. The fourth-order valence-corrected chi connectivity index (χ4v) is 1.65. The third-order valence-corrected chi connectivity index (χ3v) is 2.82. The van der Waals surface area contributed by atoms with Gasteiger partial charge in [-0.1, -0.05) is 34.1 Å². The lowest BCUT2D eigenvalue weighted by Gasteiger charge is -1.93. The van der Waals surface area contributed by atoms with Gasteiger partial charge in [0.2, 0.25) is 0 Å². The summed E-state index contributed by atoms with van der Waals surface area (Å²) in [5, 5.41) is 3.96. The normalized spacial score (nSPS) is 10.9. The van der Waals surface area contributed by atoms with Gasteiger partial charge in [-0.25, -0.2) is 0 Å². The largest absolute Gasteiger partial charge is 0.289 e. The van der Waals surface area contributed by atoms with E-state index >= 15 is 0 Å². The Morgan fingerprint density at radius 3 is 2.65 bits per heavy atom. The Balaban J connectivity index is 2.10. The van der Waals surface area contributed by atoms with Gasteiger partial charge in [0.25, 0.3) is 0 Å². The minimum atomic E-state index is -0.0407. The third kappa shape index (κ3) is 3.14. The van der Waals surface area contributed by atoms with E-state index in [1.165, 1.54) is 0 Å². The Bertz CT molecular complexity index is 555. The van der Waals surface area contributed by atoms with Crippen LogP contribution in [0.25, 0.3) is 6.08 Å². The molecule has 1 aromatic heterocycles. The van der Waals surface area contributed by atoms with Gasteiger partial charge in [0.1, 0.15) is 0 Å². The van der Waals surface area contributed by atoms with E-state index in [2.05, 4.69) is 21.0 Å². The van der Waals surface area contributed by atoms with Gasteiger partial charge >= 0.3 is 0 Å². The summed E-state index contributed by atoms with van der Waals surface area (Å²) in [6.07, 6.45) is 6.62. The van der Waals surface area contributed by atoms with Crippen LogP contribution in [-0.4, -0.2) is 15.6 Å². The molecule has 4 heteroatoms. The van der Waals surface area contributed by atoms with Crippen molar-refractivity contribution in [1.82, 2.24) is 9.78 Å². The quantitative estimate of drug-likeness (QED) is 0.643. The maximum absolute atomic E-state index is 11.7. The number of aromatic nitrogens is 2. The van der Waals surface area contributed by atoms with Crippen LogP contribution < -0.4 is 0 Å². The highest BCUT2D eigenvalue weighted by Crippen LogP contribution is 2.12. The zero-order valence-electron chi connectivity index (χ0n) is 9.30. The molecule has 0 radical (unpaired) electrons. The Morgan fingerprint density at radius 1 is 1.35 bits per heavy atom. The van der Waals surface area contributed by atoms with Crippen molar-refractivity contribution in [2.75, 3.05) is 0 Å². The van der Waals surface area contributed by atoms with Gasteiger partial charge in [-0.3, -0.25) is 9.48 Å². The van der Waals surface area contributed by atoms with E-state index in [4.69, 9.17) is 0 Å². The van der Waals surface area contributed by atoms with E-state index in [-0.39, 0.29) is 5.78 Å². The van der Waals surface area contributed by atoms with Gasteiger partial charge in [0.05, 0.1) is 11.8 Å². The van der Waals surface area contributed by atoms with Gasteiger partial charge in [0.15, 0.2) is 5.78 Å². The molecule has 0 atom stereocenters. The lowest BCUT2D eigenvalue weighted by molar-refractivity contribution is 0.104. The molecule has 2 rings (SSSR count). The molecule has 0 aliphatic rings. The predicted molar refractivity (Wildman–Crippen MR) is 70.7 cm³/mol. The molecule has 0 saturated carbocycles. The lowest BCUT2D eigenvalue weighted by atomic mass is 10.1. The fraction of sp³-hybridized carbons (Fsp3) is 0.0769. The number of benzene rings is 1. The summed E-state index contributed by atoms with van der Waals surface area (Å²) in [4.78, 5) is 11.7. The van der Waals surface area contributed by atoms with Crippen LogP contribution in [0.5, 0.6) is 0 Å². The number of carbonyl (C=O) groups is 1. The number of nitrogens with zero attached hydrogens (tertiary/aromatic N) is 2. The van der Waals surface area contributed by atoms with E-state index in [0.717, 1.165) is 10.0 Å². The maximum atomic E-state index is 11.7. The first-order valence-electron chi connectivity index (χ1n) is 5.12. The van der Waals surface area contributed by atoms with Gasteiger partial charge < -0.3 is 0 Å². The number of aryl methyl sites for hydroxylation is 1. The van der Waals surface area contributed by atoms with Crippen LogP contribution in [0, 0.1) is 0 Å². The average Bonchev–Trinajstić information content (AvgIpc) is 2.75. The fourth-order valence-electron chi connectivity index (χ4n) is 1.39. The first-order chi connectivity index (χ1) is 8.15. The highest BCUT2D eigenvalue weighted by atomic mass is 79.9. The van der Waals surface area contributed by atoms with Crippen LogP contribution in [0.15, 0.2) is 47.2 Å². The molecule has 0 fully saturated rings. The minimum absolute atomic E-state index is 0.0407. The zero-order valence-corrected chi connectivity index (χ0v) is 10.9. The molecule has 1 aromatic carbocycles. The summed E-state index contributed by atoms with van der Waals surface area (Å²) in [6.45, 7) is 0. The molecule has 0 aliphatic heterocycles. The molecule has 0 aliphatic carbocycles. The number of halogens is 1. The Morgan fingerprint density at radius 2 is 2.06 bits per heavy atom. The molecule has 3 nitrogen and oxygen atoms in total. The first kappa shape index (κ1) is 11.8. The average molecular weight is 291 g/mol. The van der Waals surface area contributed by atoms with Crippen molar-refractivity contribution in [3.8, 4) is 0 Å². The van der Waals surface area contributed by atoms with Crippen molar-refractivity contribution in [3.05, 3.63) is 58.3 Å². The molecule has 0 spiro atoms. The van der Waals surface area contributed by atoms with Gasteiger partial charge in [-0.15, -0.1) is 0 Å². The predicted octanol–water partition coefficient (Wildman–Crippen LogP) is 3.08. The smallest absolute Gasteiger partial charge is 0.189 e. The van der Waals surface area contributed by atoms with Crippen molar-refractivity contribution >= 4 is 27.8 Å². The maximum Gasteiger partial charge on any atom is 0.189 e. The van der Waals surface area contributed by atoms with Gasteiger partial charge in [0, 0.05) is 17.7 Å². The summed E-state index contributed by atoms with van der Waals surface area (Å²) < 4.78 is 2.63. The van der Waals surface area contributed by atoms with Crippen LogP contribution >= 0.6 is 15.9 Å². The molecular formula is C13H11BrN2O. The summed E-state index contributed by atoms with van der Waals surface area (Å²) >= 11 is 3.36. The summed E-state index contributed by atoms with van der Waals surface area (Å²) in [5.41, 5.74) is 1.59. The van der Waals surface area contributed by atoms with E-state index in [9.17, 15) is 4.79 Å². The van der Waals surface area contributed by atoms with E-state index in [0.29, 0.717) is 5.56 Å². The summed E-state index contributed by atoms with van der Waals surface area (Å²) in [5.74, 6) is -0.0407. The molecule has 0 N–H and O–H groups in total. The number of carbonyl (C=O) groups excluding carboxylic acids is 1. The second-order valence-electron chi connectivity index (χ2n) is 3.65. The number of allylic oxidation sites excluding steroid dienone is 1. The molecule has 0 unspecified atom stereocenters. The summed E-state index contributed by atoms with van der Waals surface area (Å²) in [7, 11) is 1.79. The zero-order chi connectivity index (χ0) is 12.3. The highest BCUT2D eigenvalue weighted by Gasteiger charge is 2.03. The monoisotopic (exact) mass is 290 g/mol. The number of ketones is 1. The van der Waals surface area contributed by atoms with Crippen molar-refractivity contribution in [3.63, 3.8) is 0 Å². The Hall–Kier alpha value is -1.68. The SMILES string of the molecule is Cn1cc(C(=O)/C=C/c2ccc(Br)cc2)cn1. The first-order valence-corrected chi connectivity index (χ1v) is 5.91. The van der Waals surface area contributed by atoms with E-state index in [1.807, 2.05) is 24.3 Å². The Labute approximate surface area is 108 Å². The van der Waals surface area contributed by atoms with Gasteiger partial charge in [-0.2, -0.15) is 5.10 Å². The molecule has 1 heterocycles. The van der Waals surface area contributed by atoms with E-state index in [1.54, 1.807) is 36.3 Å². The van der Waals surface area contributed by atoms with Gasteiger partial charge in [-0.05, 0) is 23.8 Å². The second-order valence-corrected chi connectivity index (χ2v) is 4.57. The highest BCUT2D eigenvalue weighted by molar-refractivity contribution is 9.10. The van der Waals surface area contributed by atoms with Crippen molar-refractivity contribution in [1.29, 1.82) is 0 Å². The lowest BCUT2D eigenvalue weighted by Crippen LogP contribution is -1.91. The molecular weight excluding hydrogens is 280 g/mol. The molecule has 2 aromatic rings. The van der Waals surface area contributed by atoms with Crippen LogP contribution in [0.1, 0.15) is 15.9 Å². The molecule has 86 valence electrons.